The van der Waals surface area contributed by atoms with E-state index < -0.39 is 5.54 Å². The van der Waals surface area contributed by atoms with Gasteiger partial charge in [-0.3, -0.25) is 10.1 Å². The number of thioether (sulfide) groups is 1. The Morgan fingerprint density at radius 3 is 2.76 bits per heavy atom. The molecule has 1 aromatic heterocycles. The van der Waals surface area contributed by atoms with Gasteiger partial charge in [-0.05, 0) is 60.7 Å². The number of nitrogens with zero attached hydrogens (tertiary/aromatic N) is 1. The molecule has 1 N–H and O–H groups in total. The lowest BCUT2D eigenvalue weighted by Gasteiger charge is -2.34. The zero-order valence-electron chi connectivity index (χ0n) is 12.6. The van der Waals surface area contributed by atoms with Crippen molar-refractivity contribution in [2.24, 2.45) is 5.92 Å². The molecule has 1 saturated carbocycles. The van der Waals surface area contributed by atoms with Crippen molar-refractivity contribution in [1.82, 2.24) is 10.3 Å². The van der Waals surface area contributed by atoms with Gasteiger partial charge in [0.15, 0.2) is 0 Å². The lowest BCUT2D eigenvalue weighted by Crippen LogP contribution is -2.59. The van der Waals surface area contributed by atoms with Crippen LogP contribution in [-0.2, 0) is 9.53 Å². The lowest BCUT2D eigenvalue weighted by atomic mass is 9.94. The van der Waals surface area contributed by atoms with E-state index in [2.05, 4.69) is 40.1 Å². The van der Waals surface area contributed by atoms with Gasteiger partial charge in [0, 0.05) is 22.5 Å². The molecule has 0 saturated heterocycles. The fourth-order valence-corrected chi connectivity index (χ4v) is 3.81. The van der Waals surface area contributed by atoms with Gasteiger partial charge in [0.05, 0.1) is 12.1 Å². The second-order valence-corrected chi connectivity index (χ2v) is 7.55. The third-order valence-electron chi connectivity index (χ3n) is 3.52. The summed E-state index contributed by atoms with van der Waals surface area (Å²) in [4.78, 5) is 16.8. The molecule has 0 bridgehead atoms. The predicted molar refractivity (Wildman–Crippen MR) is 88.4 cm³/mol. The highest BCUT2D eigenvalue weighted by Crippen LogP contribution is 2.43. The molecule has 0 aliphatic heterocycles. The van der Waals surface area contributed by atoms with Crippen molar-refractivity contribution in [1.29, 1.82) is 0 Å². The van der Waals surface area contributed by atoms with Crippen molar-refractivity contribution in [3.05, 3.63) is 22.8 Å². The van der Waals surface area contributed by atoms with E-state index in [0.717, 1.165) is 22.3 Å². The molecule has 1 aliphatic rings. The van der Waals surface area contributed by atoms with E-state index >= 15 is 0 Å². The van der Waals surface area contributed by atoms with Gasteiger partial charge < -0.3 is 4.74 Å². The summed E-state index contributed by atoms with van der Waals surface area (Å²) >= 11 is 4.97. The summed E-state index contributed by atoms with van der Waals surface area (Å²) in [6, 6.07) is 4.14. The molecule has 4 nitrogen and oxygen atoms in total. The minimum absolute atomic E-state index is 0.164. The molecule has 0 radical (unpaired) electrons. The number of hydrogen-bond acceptors (Lipinski definition) is 5. The topological polar surface area (TPSA) is 51.2 Å². The molecule has 1 unspecified atom stereocenters. The molecule has 21 heavy (non-hydrogen) atoms. The van der Waals surface area contributed by atoms with Crippen molar-refractivity contribution in [2.75, 3.05) is 12.9 Å². The number of esters is 1. The predicted octanol–water partition coefficient (Wildman–Crippen LogP) is 3.26. The third kappa shape index (κ3) is 4.20. The van der Waals surface area contributed by atoms with Crippen molar-refractivity contribution in [3.8, 4) is 0 Å². The molecule has 1 aliphatic carbocycles. The SMILES string of the molecule is COC(=O)C(CSc1ccc(Br)cn1)(NC(C)C)C1CC1. The summed E-state index contributed by atoms with van der Waals surface area (Å²) in [7, 11) is 1.46. The first-order chi connectivity index (χ1) is 9.98. The summed E-state index contributed by atoms with van der Waals surface area (Å²) in [5, 5.41) is 4.37. The number of rotatable bonds is 7. The second kappa shape index (κ2) is 7.11. The fourth-order valence-electron chi connectivity index (χ4n) is 2.47. The van der Waals surface area contributed by atoms with Crippen LogP contribution in [-0.4, -0.2) is 35.4 Å². The number of pyridine rings is 1. The standard InChI is InChI=1S/C15H21BrN2O2S/c1-10(2)18-15(11-4-5-11,14(19)20-3)9-21-13-7-6-12(16)8-17-13/h6-8,10-11,18H,4-5,9H2,1-3H3. The van der Waals surface area contributed by atoms with Gasteiger partial charge in [0.25, 0.3) is 0 Å². The molecule has 0 aromatic carbocycles. The van der Waals surface area contributed by atoms with Gasteiger partial charge in [0.2, 0.25) is 0 Å². The largest absolute Gasteiger partial charge is 0.468 e. The van der Waals surface area contributed by atoms with E-state index in [-0.39, 0.29) is 12.0 Å². The van der Waals surface area contributed by atoms with E-state index in [1.54, 1.807) is 18.0 Å². The second-order valence-electron chi connectivity index (χ2n) is 5.64. The van der Waals surface area contributed by atoms with Crippen molar-refractivity contribution < 1.29 is 9.53 Å². The molecular weight excluding hydrogens is 352 g/mol. The van der Waals surface area contributed by atoms with Crippen LogP contribution < -0.4 is 5.32 Å². The smallest absolute Gasteiger partial charge is 0.327 e. The Morgan fingerprint density at radius 2 is 2.29 bits per heavy atom. The lowest BCUT2D eigenvalue weighted by molar-refractivity contribution is -0.148. The van der Waals surface area contributed by atoms with Crippen molar-refractivity contribution >= 4 is 33.7 Å². The maximum absolute atomic E-state index is 12.4. The van der Waals surface area contributed by atoms with Crippen LogP contribution in [0.4, 0.5) is 0 Å². The maximum Gasteiger partial charge on any atom is 0.327 e. The summed E-state index contributed by atoms with van der Waals surface area (Å²) in [5.41, 5.74) is -0.609. The van der Waals surface area contributed by atoms with Gasteiger partial charge >= 0.3 is 5.97 Å². The molecule has 2 rings (SSSR count). The number of carbonyl (C=O) groups excluding carboxylic acids is 1. The number of nitrogens with one attached hydrogen (secondary N) is 1. The van der Waals surface area contributed by atoms with Gasteiger partial charge in [-0.1, -0.05) is 0 Å². The summed E-state index contributed by atoms with van der Waals surface area (Å²) in [5.74, 6) is 0.829. The molecule has 1 aromatic rings. The molecule has 0 amide bonds. The van der Waals surface area contributed by atoms with Crippen molar-refractivity contribution in [3.63, 3.8) is 0 Å². The van der Waals surface area contributed by atoms with E-state index in [9.17, 15) is 4.79 Å². The van der Waals surface area contributed by atoms with E-state index in [0.29, 0.717) is 11.7 Å². The summed E-state index contributed by atoms with van der Waals surface area (Å²) in [6.45, 7) is 4.12. The van der Waals surface area contributed by atoms with Crippen molar-refractivity contribution in [2.45, 2.75) is 43.3 Å². The highest BCUT2D eigenvalue weighted by molar-refractivity contribution is 9.10. The normalized spacial score (nSPS) is 17.6. The highest BCUT2D eigenvalue weighted by atomic mass is 79.9. The fraction of sp³-hybridized carbons (Fsp3) is 0.600. The Morgan fingerprint density at radius 1 is 1.57 bits per heavy atom. The Labute approximate surface area is 138 Å². The minimum Gasteiger partial charge on any atom is -0.468 e. The number of halogens is 1. The molecule has 116 valence electrons. The minimum atomic E-state index is -0.609. The monoisotopic (exact) mass is 372 g/mol. The van der Waals surface area contributed by atoms with Crippen LogP contribution in [0.1, 0.15) is 26.7 Å². The van der Waals surface area contributed by atoms with Gasteiger partial charge in [-0.15, -0.1) is 11.8 Å². The quantitative estimate of drug-likeness (QED) is 0.587. The first-order valence-electron chi connectivity index (χ1n) is 7.08. The number of aromatic nitrogens is 1. The van der Waals surface area contributed by atoms with Crippen LogP contribution in [0.2, 0.25) is 0 Å². The number of carbonyl (C=O) groups is 1. The van der Waals surface area contributed by atoms with Gasteiger partial charge in [0.1, 0.15) is 5.54 Å². The van der Waals surface area contributed by atoms with Crippen LogP contribution in [0.15, 0.2) is 27.8 Å². The maximum atomic E-state index is 12.4. The van der Waals surface area contributed by atoms with Crippen LogP contribution in [0, 0.1) is 5.92 Å². The molecular formula is C15H21BrN2O2S. The molecule has 1 heterocycles. The summed E-state index contributed by atoms with van der Waals surface area (Å²) < 4.78 is 6.04. The third-order valence-corrected chi connectivity index (χ3v) is 5.12. The van der Waals surface area contributed by atoms with Gasteiger partial charge in [-0.25, -0.2) is 4.98 Å². The highest BCUT2D eigenvalue weighted by Gasteiger charge is 2.52. The van der Waals surface area contributed by atoms with E-state index in [1.165, 1.54) is 7.11 Å². The number of hydrogen-bond donors (Lipinski definition) is 1. The van der Waals surface area contributed by atoms with Crippen LogP contribution in [0.25, 0.3) is 0 Å². The van der Waals surface area contributed by atoms with Crippen LogP contribution >= 0.6 is 27.7 Å². The number of ether oxygens (including phenoxy) is 1. The van der Waals surface area contributed by atoms with Crippen LogP contribution in [0.5, 0.6) is 0 Å². The molecule has 6 heteroatoms. The van der Waals surface area contributed by atoms with E-state index in [4.69, 9.17) is 4.74 Å². The van der Waals surface area contributed by atoms with Gasteiger partial charge in [-0.2, -0.15) is 0 Å². The molecule has 1 atom stereocenters. The first-order valence-corrected chi connectivity index (χ1v) is 8.86. The molecule has 1 fully saturated rings. The number of methoxy groups -OCH3 is 1. The molecule has 0 spiro atoms. The zero-order chi connectivity index (χ0) is 15.5. The zero-order valence-corrected chi connectivity index (χ0v) is 15.0. The average molecular weight is 373 g/mol. The Balaban J connectivity index is 2.14. The first kappa shape index (κ1) is 16.8. The van der Waals surface area contributed by atoms with Crippen LogP contribution in [0.3, 0.4) is 0 Å². The summed E-state index contributed by atoms with van der Waals surface area (Å²) in [6.07, 6.45) is 3.92. The Bertz CT molecular complexity index is 491. The van der Waals surface area contributed by atoms with E-state index in [1.807, 2.05) is 12.1 Å². The Hall–Kier alpha value is -0.590. The average Bonchev–Trinajstić information content (AvgIpc) is 3.28. The Kier molecular flexibility index (Phi) is 5.68.